The van der Waals surface area contributed by atoms with Crippen molar-refractivity contribution in [2.45, 2.75) is 53.1 Å². The lowest BCUT2D eigenvalue weighted by atomic mass is 10.1. The lowest BCUT2D eigenvalue weighted by molar-refractivity contribution is -0.140. The molecule has 1 atom stereocenters. The number of carbonyl (C=O) groups is 2. The molecular formula is C26H35BrClN3O4S. The number of anilines is 1. The first-order chi connectivity index (χ1) is 16.8. The molecule has 10 heteroatoms. The van der Waals surface area contributed by atoms with Gasteiger partial charge in [-0.25, -0.2) is 8.42 Å². The molecule has 0 aliphatic rings. The van der Waals surface area contributed by atoms with Gasteiger partial charge >= 0.3 is 0 Å². The van der Waals surface area contributed by atoms with Crippen LogP contribution in [0.15, 0.2) is 46.9 Å². The van der Waals surface area contributed by atoms with Crippen LogP contribution in [0.25, 0.3) is 0 Å². The first-order valence-electron chi connectivity index (χ1n) is 11.9. The number of amides is 2. The molecule has 0 aromatic heterocycles. The Morgan fingerprint density at radius 2 is 1.72 bits per heavy atom. The SMILES string of the molecule is Cc1c(Cl)cccc1N(CCCC(=O)N(Cc1ccc(Br)cc1)[C@@H](C)C(=O)NCC(C)C)S(C)(=O)=O. The summed E-state index contributed by atoms with van der Waals surface area (Å²) in [4.78, 5) is 27.7. The number of rotatable bonds is 12. The third kappa shape index (κ3) is 8.78. The maximum atomic E-state index is 13.3. The van der Waals surface area contributed by atoms with Gasteiger partial charge < -0.3 is 10.2 Å². The fraction of sp³-hybridized carbons (Fsp3) is 0.462. The van der Waals surface area contributed by atoms with E-state index in [1.54, 1.807) is 36.9 Å². The molecule has 7 nitrogen and oxygen atoms in total. The van der Waals surface area contributed by atoms with Gasteiger partial charge in [0.2, 0.25) is 21.8 Å². The van der Waals surface area contributed by atoms with Crippen molar-refractivity contribution in [3.8, 4) is 0 Å². The number of carbonyl (C=O) groups excluding carboxylic acids is 2. The number of halogens is 2. The van der Waals surface area contributed by atoms with E-state index in [1.807, 2.05) is 38.1 Å². The summed E-state index contributed by atoms with van der Waals surface area (Å²) >= 11 is 9.62. The number of nitrogens with one attached hydrogen (secondary N) is 1. The Hall–Kier alpha value is -2.10. The van der Waals surface area contributed by atoms with E-state index >= 15 is 0 Å². The molecule has 0 fully saturated rings. The zero-order valence-electron chi connectivity index (χ0n) is 21.4. The Morgan fingerprint density at radius 1 is 1.08 bits per heavy atom. The molecule has 0 saturated heterocycles. The van der Waals surface area contributed by atoms with E-state index in [0.717, 1.165) is 16.3 Å². The Labute approximate surface area is 228 Å². The second-order valence-corrected chi connectivity index (χ2v) is 12.5. The highest BCUT2D eigenvalue weighted by atomic mass is 79.9. The van der Waals surface area contributed by atoms with E-state index in [4.69, 9.17) is 11.6 Å². The maximum absolute atomic E-state index is 13.3. The van der Waals surface area contributed by atoms with Crippen LogP contribution in [0.2, 0.25) is 5.02 Å². The largest absolute Gasteiger partial charge is 0.354 e. The molecule has 36 heavy (non-hydrogen) atoms. The van der Waals surface area contributed by atoms with Gasteiger partial charge in [-0.3, -0.25) is 13.9 Å². The van der Waals surface area contributed by atoms with Crippen LogP contribution >= 0.6 is 27.5 Å². The summed E-state index contributed by atoms with van der Waals surface area (Å²) in [6, 6.07) is 12.0. The second-order valence-electron chi connectivity index (χ2n) is 9.29. The summed E-state index contributed by atoms with van der Waals surface area (Å²) in [5.41, 5.74) is 2.04. The Kier molecular flexibility index (Phi) is 11.3. The van der Waals surface area contributed by atoms with Gasteiger partial charge in [-0.05, 0) is 61.6 Å². The zero-order valence-corrected chi connectivity index (χ0v) is 24.6. The van der Waals surface area contributed by atoms with Crippen LogP contribution in [0.1, 0.15) is 44.7 Å². The van der Waals surface area contributed by atoms with Crippen molar-refractivity contribution < 1.29 is 18.0 Å². The predicted octanol–water partition coefficient (Wildman–Crippen LogP) is 5.15. The number of benzene rings is 2. The van der Waals surface area contributed by atoms with Crippen LogP contribution < -0.4 is 9.62 Å². The smallest absolute Gasteiger partial charge is 0.242 e. The lowest BCUT2D eigenvalue weighted by Gasteiger charge is -2.30. The highest BCUT2D eigenvalue weighted by Crippen LogP contribution is 2.28. The summed E-state index contributed by atoms with van der Waals surface area (Å²) in [6.45, 7) is 8.39. The summed E-state index contributed by atoms with van der Waals surface area (Å²) < 4.78 is 27.3. The van der Waals surface area contributed by atoms with Gasteiger partial charge in [0.25, 0.3) is 0 Å². The molecule has 0 aliphatic carbocycles. The lowest BCUT2D eigenvalue weighted by Crippen LogP contribution is -2.48. The molecule has 0 saturated carbocycles. The van der Waals surface area contributed by atoms with Gasteiger partial charge in [-0.2, -0.15) is 0 Å². The van der Waals surface area contributed by atoms with Crippen molar-refractivity contribution in [2.75, 3.05) is 23.7 Å². The van der Waals surface area contributed by atoms with Gasteiger partial charge in [-0.15, -0.1) is 0 Å². The second kappa shape index (κ2) is 13.4. The van der Waals surface area contributed by atoms with Crippen molar-refractivity contribution in [1.29, 1.82) is 0 Å². The zero-order chi connectivity index (χ0) is 27.0. The summed E-state index contributed by atoms with van der Waals surface area (Å²) in [6.07, 6.45) is 1.51. The molecular weight excluding hydrogens is 566 g/mol. The molecule has 2 rings (SSSR count). The maximum Gasteiger partial charge on any atom is 0.242 e. The standard InChI is InChI=1S/C26H35BrClN3O4S/c1-18(2)16-29-26(33)20(4)30(17-21-11-13-22(27)14-12-21)25(32)10-7-15-31(36(5,34)35)24-9-6-8-23(28)19(24)3/h6,8-9,11-14,18,20H,7,10,15-17H2,1-5H3,(H,29,33)/t20-/m0/s1. The van der Waals surface area contributed by atoms with Gasteiger partial charge in [0, 0.05) is 35.6 Å². The Morgan fingerprint density at radius 3 is 2.31 bits per heavy atom. The van der Waals surface area contributed by atoms with Crippen molar-refractivity contribution in [3.05, 3.63) is 63.1 Å². The Bertz CT molecular complexity index is 1160. The van der Waals surface area contributed by atoms with E-state index in [2.05, 4.69) is 21.2 Å². The fourth-order valence-electron chi connectivity index (χ4n) is 3.67. The number of nitrogens with zero attached hydrogens (tertiary/aromatic N) is 2. The minimum Gasteiger partial charge on any atom is -0.354 e. The van der Waals surface area contributed by atoms with Crippen molar-refractivity contribution >= 4 is 55.1 Å². The molecule has 2 aromatic rings. The van der Waals surface area contributed by atoms with Crippen molar-refractivity contribution in [2.24, 2.45) is 5.92 Å². The average molecular weight is 601 g/mol. The van der Waals surface area contributed by atoms with E-state index in [9.17, 15) is 18.0 Å². The van der Waals surface area contributed by atoms with Gasteiger partial charge in [0.1, 0.15) is 6.04 Å². The molecule has 0 radical (unpaired) electrons. The summed E-state index contributed by atoms with van der Waals surface area (Å²) in [5.74, 6) is -0.156. The summed E-state index contributed by atoms with van der Waals surface area (Å²) in [5, 5.41) is 3.37. The molecule has 2 aromatic carbocycles. The van der Waals surface area contributed by atoms with Crippen molar-refractivity contribution in [1.82, 2.24) is 10.2 Å². The monoisotopic (exact) mass is 599 g/mol. The van der Waals surface area contributed by atoms with Gasteiger partial charge in [0.05, 0.1) is 11.9 Å². The van der Waals surface area contributed by atoms with E-state index < -0.39 is 16.1 Å². The van der Waals surface area contributed by atoms with E-state index in [1.165, 1.54) is 4.31 Å². The quantitative estimate of drug-likeness (QED) is 0.365. The number of hydrogen-bond donors (Lipinski definition) is 1. The molecule has 2 amide bonds. The third-order valence-corrected chi connectivity index (χ3v) is 7.90. The first-order valence-corrected chi connectivity index (χ1v) is 14.9. The Balaban J connectivity index is 2.19. The topological polar surface area (TPSA) is 86.8 Å². The van der Waals surface area contributed by atoms with Crippen LogP contribution in [0, 0.1) is 12.8 Å². The molecule has 198 valence electrons. The minimum atomic E-state index is -3.59. The molecule has 0 spiro atoms. The van der Waals surface area contributed by atoms with Gasteiger partial charge in [-0.1, -0.05) is 59.6 Å². The summed E-state index contributed by atoms with van der Waals surface area (Å²) in [7, 11) is -3.59. The van der Waals surface area contributed by atoms with Crippen LogP contribution in [-0.2, 0) is 26.2 Å². The molecule has 0 bridgehead atoms. The first kappa shape index (κ1) is 30.1. The number of hydrogen-bond acceptors (Lipinski definition) is 4. The van der Waals surface area contributed by atoms with Crippen LogP contribution in [0.5, 0.6) is 0 Å². The predicted molar refractivity (Wildman–Crippen MR) is 150 cm³/mol. The molecule has 1 N–H and O–H groups in total. The fourth-order valence-corrected chi connectivity index (χ4v) is 5.12. The highest BCUT2D eigenvalue weighted by Gasteiger charge is 2.27. The normalized spacial score (nSPS) is 12.3. The van der Waals surface area contributed by atoms with Crippen LogP contribution in [-0.4, -0.2) is 50.5 Å². The van der Waals surface area contributed by atoms with E-state index in [0.29, 0.717) is 22.8 Å². The third-order valence-electron chi connectivity index (χ3n) is 5.78. The highest BCUT2D eigenvalue weighted by molar-refractivity contribution is 9.10. The van der Waals surface area contributed by atoms with Crippen molar-refractivity contribution in [3.63, 3.8) is 0 Å². The van der Waals surface area contributed by atoms with E-state index in [-0.39, 0.29) is 43.7 Å². The average Bonchev–Trinajstić information content (AvgIpc) is 2.80. The van der Waals surface area contributed by atoms with Gasteiger partial charge in [0.15, 0.2) is 0 Å². The molecule has 0 heterocycles. The number of sulfonamides is 1. The molecule has 0 aliphatic heterocycles. The van der Waals surface area contributed by atoms with Crippen LogP contribution in [0.4, 0.5) is 5.69 Å². The minimum absolute atomic E-state index is 0.0873. The molecule has 0 unspecified atom stereocenters. The van der Waals surface area contributed by atoms with Crippen LogP contribution in [0.3, 0.4) is 0 Å².